The van der Waals surface area contributed by atoms with Crippen LogP contribution in [0.3, 0.4) is 0 Å². The van der Waals surface area contributed by atoms with Crippen molar-refractivity contribution in [3.63, 3.8) is 0 Å². The molecule has 3 aliphatic heterocycles. The van der Waals surface area contributed by atoms with E-state index >= 15 is 0 Å². The van der Waals surface area contributed by atoms with Crippen LogP contribution in [0.4, 0.5) is 0 Å². The Kier molecular flexibility index (Phi) is 13.1. The van der Waals surface area contributed by atoms with Crippen LogP contribution in [0.15, 0.2) is 10.6 Å². The summed E-state index contributed by atoms with van der Waals surface area (Å²) >= 11 is 0.932. The van der Waals surface area contributed by atoms with Gasteiger partial charge in [0, 0.05) is 37.9 Å². The molecule has 3 heterocycles. The maximum atomic E-state index is 14.1. The van der Waals surface area contributed by atoms with Crippen LogP contribution < -0.4 is 10.1 Å². The Labute approximate surface area is 308 Å². The molecule has 14 heteroatoms. The van der Waals surface area contributed by atoms with E-state index in [2.05, 4.69) is 5.32 Å². The molecule has 10 atom stereocenters. The summed E-state index contributed by atoms with van der Waals surface area (Å²) in [6.45, 7) is 11.6. The monoisotopic (exact) mass is 747 g/mol. The first-order valence-corrected chi connectivity index (χ1v) is 19.1. The van der Waals surface area contributed by atoms with E-state index in [-0.39, 0.29) is 58.4 Å². The average molecular weight is 748 g/mol. The quantitative estimate of drug-likeness (QED) is 0.285. The van der Waals surface area contributed by atoms with E-state index in [1.165, 1.54) is 21.0 Å². The van der Waals surface area contributed by atoms with Crippen LogP contribution in [0.2, 0.25) is 0 Å². The lowest BCUT2D eigenvalue weighted by molar-refractivity contribution is -0.143. The molecule has 10 unspecified atom stereocenters. The zero-order valence-electron chi connectivity index (χ0n) is 31.4. The molecule has 5 N–H and O–H groups in total. The van der Waals surface area contributed by atoms with E-state index in [0.29, 0.717) is 19.3 Å². The van der Waals surface area contributed by atoms with Crippen molar-refractivity contribution in [2.75, 3.05) is 20.0 Å². The molecular formula is C38H53NO12S. The number of carbonyl (C=O) groups excluding carboxylic acids is 4. The Bertz CT molecular complexity index is 1640. The Balaban J connectivity index is 1.78. The van der Waals surface area contributed by atoms with Crippen molar-refractivity contribution >= 4 is 41.0 Å². The number of aromatic hydroxyl groups is 1. The summed E-state index contributed by atoms with van der Waals surface area (Å²) in [4.78, 5) is 67.6. The molecular weight excluding hydrogens is 694 g/mol. The third-order valence-electron chi connectivity index (χ3n) is 11.5. The molecule has 5 bridgehead atoms. The molecule has 0 spiro atoms. The molecule has 288 valence electrons. The molecule has 1 amide bonds. The highest BCUT2D eigenvalue weighted by Crippen LogP contribution is 2.49. The topological polar surface area (TPSA) is 206 Å². The fraction of sp³-hybridized carbons (Fsp3) is 0.658. The summed E-state index contributed by atoms with van der Waals surface area (Å²) in [5.74, 6) is -9.44. The number of phenolic OH excluding ortho intramolecular Hbond substituents is 1. The number of Topliss-reactive ketones (excluding diaryl/α,β-unsaturated/α-hetero) is 3. The van der Waals surface area contributed by atoms with E-state index in [9.17, 15) is 44.4 Å². The van der Waals surface area contributed by atoms with Crippen molar-refractivity contribution in [2.45, 2.75) is 105 Å². The molecule has 1 aromatic carbocycles. The molecule has 5 rings (SSSR count). The van der Waals surface area contributed by atoms with Crippen LogP contribution >= 0.6 is 11.8 Å². The summed E-state index contributed by atoms with van der Waals surface area (Å²) in [7, 11) is 1.48. The molecule has 1 aromatic rings. The predicted octanol–water partition coefficient (Wildman–Crippen LogP) is 4.66. The van der Waals surface area contributed by atoms with Crippen LogP contribution in [-0.4, -0.2) is 93.7 Å². The normalized spacial score (nSPS) is 33.9. The molecule has 52 heavy (non-hydrogen) atoms. The minimum absolute atomic E-state index is 0.0470. The second-order valence-corrected chi connectivity index (χ2v) is 15.7. The first kappa shape index (κ1) is 41.5. The van der Waals surface area contributed by atoms with Crippen LogP contribution in [0.25, 0.3) is 0 Å². The highest BCUT2D eigenvalue weighted by molar-refractivity contribution is 8.03. The number of ketones is 3. The molecule has 0 aromatic heterocycles. The Hall–Kier alpha value is -3.30. The number of carboxylic acid groups (broad SMARTS) is 1. The fourth-order valence-electron chi connectivity index (χ4n) is 8.00. The molecule has 1 aliphatic carbocycles. The van der Waals surface area contributed by atoms with Gasteiger partial charge in [-0.05, 0) is 56.1 Å². The van der Waals surface area contributed by atoms with Crippen LogP contribution in [0, 0.1) is 42.4 Å². The van der Waals surface area contributed by atoms with Gasteiger partial charge in [0.05, 0.1) is 46.5 Å². The van der Waals surface area contributed by atoms with Crippen molar-refractivity contribution in [2.24, 2.45) is 35.5 Å². The summed E-state index contributed by atoms with van der Waals surface area (Å²) in [6, 6.07) is 0. The summed E-state index contributed by atoms with van der Waals surface area (Å²) in [5.41, 5.74) is -1.15. The lowest BCUT2D eigenvalue weighted by Crippen LogP contribution is -2.44. The van der Waals surface area contributed by atoms with Gasteiger partial charge in [-0.1, -0.05) is 41.0 Å². The van der Waals surface area contributed by atoms with Gasteiger partial charge >= 0.3 is 5.97 Å². The molecule has 0 fully saturated rings. The van der Waals surface area contributed by atoms with Gasteiger partial charge in [0.25, 0.3) is 5.79 Å². The first-order valence-electron chi connectivity index (χ1n) is 17.9. The minimum Gasteiger partial charge on any atom is -0.507 e. The van der Waals surface area contributed by atoms with E-state index in [1.54, 1.807) is 27.0 Å². The Morgan fingerprint density at radius 2 is 1.60 bits per heavy atom. The zero-order chi connectivity index (χ0) is 39.0. The maximum absolute atomic E-state index is 14.1. The van der Waals surface area contributed by atoms with Gasteiger partial charge < -0.3 is 40.0 Å². The van der Waals surface area contributed by atoms with Crippen molar-refractivity contribution in [3.05, 3.63) is 32.9 Å². The van der Waals surface area contributed by atoms with Crippen molar-refractivity contribution in [1.29, 1.82) is 0 Å². The number of aliphatic carboxylic acids is 1. The molecule has 4 aliphatic rings. The lowest BCUT2D eigenvalue weighted by Gasteiger charge is -2.39. The number of amides is 1. The van der Waals surface area contributed by atoms with Gasteiger partial charge in [-0.25, -0.2) is 0 Å². The van der Waals surface area contributed by atoms with Crippen molar-refractivity contribution in [3.8, 4) is 11.5 Å². The highest BCUT2D eigenvalue weighted by atomic mass is 32.2. The van der Waals surface area contributed by atoms with Gasteiger partial charge in [0.1, 0.15) is 17.2 Å². The standard InChI is InChI=1S/C38H53NO12S/c1-16-11-10-12-17(2)37(48)39-28-32(45)26-25(33(46)35(28)52-9)27-34(21(6)31(26)44)51-38(7,36(27)47)50-14-13-23(49-8)18(3)22(15-24(40)41)19(4)30(43)20(5)29(16)42/h16-20,22-23,29-30,42-44H,10-15H2,1-9H3,(H,39,48)(H,40,41). The lowest BCUT2D eigenvalue weighted by atomic mass is 9.71. The number of aliphatic hydroxyl groups excluding tert-OH is 2. The highest BCUT2D eigenvalue weighted by Gasteiger charge is 2.52. The van der Waals surface area contributed by atoms with Crippen LogP contribution in [0.1, 0.15) is 110 Å². The number of methoxy groups -OCH3 is 1. The van der Waals surface area contributed by atoms with Gasteiger partial charge in [-0.2, -0.15) is 0 Å². The number of nitrogens with one attached hydrogen (secondary N) is 1. The second kappa shape index (κ2) is 16.4. The van der Waals surface area contributed by atoms with Gasteiger partial charge in [0.15, 0.2) is 0 Å². The smallest absolute Gasteiger partial charge is 0.303 e. The number of rotatable bonds is 4. The van der Waals surface area contributed by atoms with E-state index in [1.807, 2.05) is 13.8 Å². The third-order valence-corrected chi connectivity index (χ3v) is 12.3. The number of fused-ring (bicyclic) bond motifs is 17. The Morgan fingerprint density at radius 3 is 2.19 bits per heavy atom. The number of ether oxygens (including phenoxy) is 3. The zero-order valence-corrected chi connectivity index (χ0v) is 32.2. The third kappa shape index (κ3) is 7.68. The van der Waals surface area contributed by atoms with Gasteiger partial charge in [0.2, 0.25) is 23.3 Å². The fourth-order valence-corrected chi connectivity index (χ4v) is 8.63. The SMILES string of the molecule is COC1CCOC2(C)Oc3c(C)c(O)c4c(c3C2=O)C(=O)C(SC)=C(NC(=O)C(C)CCCC(C)C(O)C(C)C(O)C(C)C(CC(=O)O)C1C)C4=O. The number of hydrogen-bond acceptors (Lipinski definition) is 12. The van der Waals surface area contributed by atoms with Crippen molar-refractivity contribution in [1.82, 2.24) is 5.32 Å². The van der Waals surface area contributed by atoms with Crippen molar-refractivity contribution < 1.29 is 58.6 Å². The second-order valence-electron chi connectivity index (χ2n) is 14.9. The summed E-state index contributed by atoms with van der Waals surface area (Å²) in [6.07, 6.45) is 0.373. The molecule has 0 radical (unpaired) electrons. The average Bonchev–Trinajstić information content (AvgIpc) is 3.36. The molecule has 13 nitrogen and oxygen atoms in total. The van der Waals surface area contributed by atoms with E-state index in [4.69, 9.17) is 14.2 Å². The number of aliphatic hydroxyl groups is 2. The summed E-state index contributed by atoms with van der Waals surface area (Å²) < 4.78 is 17.9. The number of phenols is 1. The number of carbonyl (C=O) groups is 5. The van der Waals surface area contributed by atoms with E-state index in [0.717, 1.165) is 11.8 Å². The Morgan fingerprint density at radius 1 is 0.942 bits per heavy atom. The first-order chi connectivity index (χ1) is 24.3. The number of hydrogen-bond donors (Lipinski definition) is 5. The number of benzene rings is 1. The van der Waals surface area contributed by atoms with Gasteiger partial charge in [-0.3, -0.25) is 24.0 Å². The van der Waals surface area contributed by atoms with Crippen LogP contribution in [0.5, 0.6) is 11.5 Å². The predicted molar refractivity (Wildman–Crippen MR) is 192 cm³/mol. The summed E-state index contributed by atoms with van der Waals surface area (Å²) in [5, 5.41) is 46.5. The maximum Gasteiger partial charge on any atom is 0.303 e. The largest absolute Gasteiger partial charge is 0.507 e. The number of thioether (sulfide) groups is 1. The van der Waals surface area contributed by atoms with Gasteiger partial charge in [-0.15, -0.1) is 11.8 Å². The van der Waals surface area contributed by atoms with Crippen LogP contribution in [-0.2, 0) is 19.1 Å². The molecule has 0 saturated heterocycles. The minimum atomic E-state index is -1.95. The molecule has 0 saturated carbocycles. The number of allylic oxidation sites excluding steroid dienone is 2. The number of carboxylic acids is 1. The van der Waals surface area contributed by atoms with E-state index < -0.39 is 94.2 Å².